The highest BCUT2D eigenvalue weighted by atomic mass is 32.1. The molecule has 0 saturated carbocycles. The smallest absolute Gasteiger partial charge is 0.181 e. The van der Waals surface area contributed by atoms with Crippen molar-refractivity contribution >= 4 is 27.5 Å². The van der Waals surface area contributed by atoms with Crippen LogP contribution in [0.15, 0.2) is 127 Å². The van der Waals surface area contributed by atoms with Gasteiger partial charge in [-0.15, -0.1) is 5.10 Å². The minimum Gasteiger partial charge on any atom is -0.375 e. The number of rotatable bonds is 6. The molecular weight excluding hydrogens is 549 g/mol. The van der Waals surface area contributed by atoms with E-state index in [1.54, 1.807) is 6.07 Å². The fourth-order valence-corrected chi connectivity index (χ4v) is 6.78. The minimum absolute atomic E-state index is 0.462. The number of anilines is 1. The van der Waals surface area contributed by atoms with Crippen LogP contribution in [-0.4, -0.2) is 20.0 Å². The van der Waals surface area contributed by atoms with Gasteiger partial charge in [0.15, 0.2) is 5.13 Å². The van der Waals surface area contributed by atoms with E-state index in [1.807, 2.05) is 36.4 Å². The van der Waals surface area contributed by atoms with Gasteiger partial charge < -0.3 is 5.73 Å². The van der Waals surface area contributed by atoms with Gasteiger partial charge in [-0.25, -0.2) is 9.67 Å². The first-order valence-corrected chi connectivity index (χ1v) is 14.7. The molecule has 7 rings (SSSR count). The van der Waals surface area contributed by atoms with Gasteiger partial charge in [-0.1, -0.05) is 120 Å². The Morgan fingerprint density at radius 2 is 1.35 bits per heavy atom. The van der Waals surface area contributed by atoms with Crippen LogP contribution in [0.1, 0.15) is 27.8 Å². The fraction of sp³-hybridized carbons (Fsp3) is 0.0556. The first kappa shape index (κ1) is 26.3. The molecule has 0 radical (unpaired) electrons. The molecule has 0 aliphatic rings. The maximum atomic E-state index is 9.51. The molecule has 6 nitrogen and oxygen atoms in total. The number of aromatic nitrogens is 4. The number of benzene rings is 5. The van der Waals surface area contributed by atoms with E-state index in [-0.39, 0.29) is 0 Å². The van der Waals surface area contributed by atoms with E-state index >= 15 is 0 Å². The quantitative estimate of drug-likeness (QED) is 0.204. The summed E-state index contributed by atoms with van der Waals surface area (Å²) in [6.45, 7) is 2.06. The first-order valence-electron chi connectivity index (χ1n) is 13.9. The van der Waals surface area contributed by atoms with Crippen molar-refractivity contribution in [2.75, 3.05) is 5.73 Å². The summed E-state index contributed by atoms with van der Waals surface area (Å²) in [6.07, 6.45) is 0. The monoisotopic (exact) mass is 574 g/mol. The number of nitrogen functional groups attached to an aromatic ring is 1. The van der Waals surface area contributed by atoms with E-state index in [1.165, 1.54) is 11.3 Å². The Balaban J connectivity index is 1.54. The van der Waals surface area contributed by atoms with Crippen LogP contribution in [0.5, 0.6) is 0 Å². The van der Waals surface area contributed by atoms with E-state index in [0.717, 1.165) is 55.0 Å². The highest BCUT2D eigenvalue weighted by Gasteiger charge is 2.41. The zero-order valence-electron chi connectivity index (χ0n) is 23.3. The van der Waals surface area contributed by atoms with Crippen molar-refractivity contribution < 1.29 is 0 Å². The average molecular weight is 575 g/mol. The second-order valence-corrected chi connectivity index (χ2v) is 11.4. The summed E-state index contributed by atoms with van der Waals surface area (Å²) < 4.78 is 2.05. The molecule has 0 aliphatic heterocycles. The first-order chi connectivity index (χ1) is 21.1. The largest absolute Gasteiger partial charge is 0.375 e. The van der Waals surface area contributed by atoms with Crippen LogP contribution in [0.2, 0.25) is 0 Å². The molecule has 0 saturated heterocycles. The number of hydrogen-bond acceptors (Lipinski definition) is 6. The van der Waals surface area contributed by atoms with Crippen LogP contribution in [0.4, 0.5) is 5.13 Å². The van der Waals surface area contributed by atoms with E-state index in [2.05, 4.69) is 103 Å². The van der Waals surface area contributed by atoms with Crippen LogP contribution >= 0.6 is 11.3 Å². The lowest BCUT2D eigenvalue weighted by Gasteiger charge is -2.36. The van der Waals surface area contributed by atoms with Crippen molar-refractivity contribution in [1.29, 1.82) is 5.26 Å². The Morgan fingerprint density at radius 3 is 1.93 bits per heavy atom. The molecule has 2 N–H and O–H groups in total. The molecule has 0 bridgehead atoms. The van der Waals surface area contributed by atoms with Crippen molar-refractivity contribution in [3.63, 3.8) is 0 Å². The van der Waals surface area contributed by atoms with Crippen molar-refractivity contribution in [2.45, 2.75) is 12.5 Å². The maximum Gasteiger partial charge on any atom is 0.181 e. The van der Waals surface area contributed by atoms with Crippen LogP contribution in [0.25, 0.3) is 32.7 Å². The summed E-state index contributed by atoms with van der Waals surface area (Å²) in [5.41, 5.74) is 14.5. The van der Waals surface area contributed by atoms with E-state index < -0.39 is 5.54 Å². The summed E-state index contributed by atoms with van der Waals surface area (Å²) in [5, 5.41) is 19.6. The second kappa shape index (κ2) is 10.7. The maximum absolute atomic E-state index is 9.51. The molecular formula is C36H26N6S. The molecule has 7 aromatic rings. The van der Waals surface area contributed by atoms with Gasteiger partial charge in [-0.2, -0.15) is 5.26 Å². The predicted molar refractivity (Wildman–Crippen MR) is 173 cm³/mol. The fourth-order valence-electron chi connectivity index (χ4n) is 5.94. The summed E-state index contributed by atoms with van der Waals surface area (Å²) >= 11 is 1.43. The highest BCUT2D eigenvalue weighted by molar-refractivity contribution is 7.19. The number of aryl methyl sites for hydroxylation is 1. The van der Waals surface area contributed by atoms with Gasteiger partial charge in [0, 0.05) is 5.56 Å². The molecule has 206 valence electrons. The molecule has 0 spiro atoms. The van der Waals surface area contributed by atoms with Crippen LogP contribution in [-0.2, 0) is 5.54 Å². The SMILES string of the molecule is Cc1cc(-c2sc(N)nc2-c2cccc(C#N)c2)cc2c1nnn2C(c1ccccc1)(c1ccccc1)c1ccccc1. The minimum atomic E-state index is -0.805. The van der Waals surface area contributed by atoms with Gasteiger partial charge in [0.25, 0.3) is 0 Å². The normalized spacial score (nSPS) is 11.4. The average Bonchev–Trinajstić information content (AvgIpc) is 3.67. The third-order valence-electron chi connectivity index (χ3n) is 7.81. The van der Waals surface area contributed by atoms with Gasteiger partial charge in [0.05, 0.1) is 27.7 Å². The van der Waals surface area contributed by atoms with Crippen molar-refractivity contribution in [3.8, 4) is 27.8 Å². The molecule has 7 heteroatoms. The van der Waals surface area contributed by atoms with Gasteiger partial charge in [0.2, 0.25) is 0 Å². The topological polar surface area (TPSA) is 93.4 Å². The third-order valence-corrected chi connectivity index (χ3v) is 8.74. The van der Waals surface area contributed by atoms with Crippen LogP contribution in [0.3, 0.4) is 0 Å². The summed E-state index contributed by atoms with van der Waals surface area (Å²) in [7, 11) is 0. The van der Waals surface area contributed by atoms with E-state index in [0.29, 0.717) is 10.7 Å². The number of thiazole rings is 1. The lowest BCUT2D eigenvalue weighted by Crippen LogP contribution is -2.38. The van der Waals surface area contributed by atoms with Gasteiger partial charge in [-0.05, 0) is 59.0 Å². The summed E-state index contributed by atoms with van der Waals surface area (Å²) in [5.74, 6) is 0. The Labute approximate surface area is 253 Å². The number of fused-ring (bicyclic) bond motifs is 1. The Kier molecular flexibility index (Phi) is 6.54. The molecule has 0 amide bonds. The lowest BCUT2D eigenvalue weighted by atomic mass is 9.77. The van der Waals surface area contributed by atoms with Gasteiger partial charge >= 0.3 is 0 Å². The number of nitrogens with two attached hydrogens (primary N) is 1. The zero-order valence-corrected chi connectivity index (χ0v) is 24.2. The summed E-state index contributed by atoms with van der Waals surface area (Å²) in [6, 6.07) is 45.3. The molecule has 43 heavy (non-hydrogen) atoms. The van der Waals surface area contributed by atoms with Crippen LogP contribution < -0.4 is 5.73 Å². The van der Waals surface area contributed by atoms with Crippen molar-refractivity contribution in [2.24, 2.45) is 0 Å². The highest BCUT2D eigenvalue weighted by Crippen LogP contribution is 2.44. The molecule has 0 unspecified atom stereocenters. The predicted octanol–water partition coefficient (Wildman–Crippen LogP) is 7.82. The van der Waals surface area contributed by atoms with Crippen molar-refractivity contribution in [1.82, 2.24) is 20.0 Å². The molecule has 2 heterocycles. The molecule has 2 aromatic heterocycles. The molecule has 0 fully saturated rings. The lowest BCUT2D eigenvalue weighted by molar-refractivity contribution is 0.461. The molecule has 5 aromatic carbocycles. The number of hydrogen-bond donors (Lipinski definition) is 1. The Bertz CT molecular complexity index is 2010. The molecule has 0 aliphatic carbocycles. The third kappa shape index (κ3) is 4.37. The van der Waals surface area contributed by atoms with E-state index in [9.17, 15) is 5.26 Å². The zero-order chi connectivity index (χ0) is 29.4. The van der Waals surface area contributed by atoms with Crippen LogP contribution in [0, 0.1) is 18.3 Å². The Hall–Kier alpha value is -5.58. The Morgan fingerprint density at radius 1 is 0.744 bits per heavy atom. The summed E-state index contributed by atoms with van der Waals surface area (Å²) in [4.78, 5) is 5.62. The van der Waals surface area contributed by atoms with E-state index in [4.69, 9.17) is 21.0 Å². The van der Waals surface area contributed by atoms with Gasteiger partial charge in [0.1, 0.15) is 11.1 Å². The number of nitriles is 1. The second-order valence-electron chi connectivity index (χ2n) is 10.4. The molecule has 0 atom stereocenters. The van der Waals surface area contributed by atoms with Crippen molar-refractivity contribution in [3.05, 3.63) is 155 Å². The van der Waals surface area contributed by atoms with Gasteiger partial charge in [-0.3, -0.25) is 0 Å². The number of nitrogens with zero attached hydrogens (tertiary/aromatic N) is 5. The standard InChI is InChI=1S/C36H26N6S/c1-24-20-27(34-33(39-35(38)43-34)26-13-11-12-25(21-26)23-37)22-31-32(24)40-41-42(31)36(28-14-5-2-6-15-28,29-16-7-3-8-17-29)30-18-9-4-10-19-30/h2-22H,1H3,(H2,38,39).